The topological polar surface area (TPSA) is 56.7 Å². The van der Waals surface area contributed by atoms with Crippen LogP contribution in [0.2, 0.25) is 0 Å². The lowest BCUT2D eigenvalue weighted by Crippen LogP contribution is -1.99. The Hall–Kier alpha value is -1.94. The fourth-order valence-electron chi connectivity index (χ4n) is 1.44. The van der Waals surface area contributed by atoms with Gasteiger partial charge in [-0.25, -0.2) is 4.68 Å². The summed E-state index contributed by atoms with van der Waals surface area (Å²) in [5.41, 5.74) is 8.18. The zero-order valence-corrected chi connectivity index (χ0v) is 9.00. The molecule has 0 aliphatic rings. The van der Waals surface area contributed by atoms with Gasteiger partial charge in [0, 0.05) is 0 Å². The summed E-state index contributed by atoms with van der Waals surface area (Å²) in [6.45, 7) is 4.51. The highest BCUT2D eigenvalue weighted by Crippen LogP contribution is 2.13. The SMILES string of the molecule is C=C(CCN)c1cn(-c2ccccc2)nn1. The molecule has 2 rings (SSSR count). The third kappa shape index (κ3) is 2.17. The molecule has 16 heavy (non-hydrogen) atoms. The summed E-state index contributed by atoms with van der Waals surface area (Å²) in [7, 11) is 0. The van der Waals surface area contributed by atoms with E-state index in [1.165, 1.54) is 0 Å². The molecule has 82 valence electrons. The van der Waals surface area contributed by atoms with Gasteiger partial charge in [0.2, 0.25) is 0 Å². The van der Waals surface area contributed by atoms with E-state index in [9.17, 15) is 0 Å². The van der Waals surface area contributed by atoms with Gasteiger partial charge in [0.15, 0.2) is 0 Å². The Labute approximate surface area is 94.4 Å². The molecule has 0 fully saturated rings. The van der Waals surface area contributed by atoms with Crippen molar-refractivity contribution in [2.75, 3.05) is 6.54 Å². The second kappa shape index (κ2) is 4.72. The third-order valence-corrected chi connectivity index (χ3v) is 2.32. The van der Waals surface area contributed by atoms with Crippen LogP contribution in [0.15, 0.2) is 43.1 Å². The molecule has 0 atom stereocenters. The monoisotopic (exact) mass is 214 g/mol. The molecule has 2 N–H and O–H groups in total. The van der Waals surface area contributed by atoms with Crippen LogP contribution in [0.3, 0.4) is 0 Å². The minimum absolute atomic E-state index is 0.580. The van der Waals surface area contributed by atoms with Gasteiger partial charge in [-0.1, -0.05) is 30.0 Å². The molecule has 0 saturated carbocycles. The summed E-state index contributed by atoms with van der Waals surface area (Å²) >= 11 is 0. The molecule has 0 radical (unpaired) electrons. The first-order chi connectivity index (χ1) is 7.81. The normalized spacial score (nSPS) is 10.3. The first-order valence-corrected chi connectivity index (χ1v) is 5.17. The van der Waals surface area contributed by atoms with E-state index in [0.29, 0.717) is 6.54 Å². The fraction of sp³-hybridized carbons (Fsp3) is 0.167. The van der Waals surface area contributed by atoms with E-state index >= 15 is 0 Å². The zero-order chi connectivity index (χ0) is 11.4. The first-order valence-electron chi connectivity index (χ1n) is 5.17. The molecule has 0 amide bonds. The summed E-state index contributed by atoms with van der Waals surface area (Å²) < 4.78 is 1.73. The molecule has 1 heterocycles. The molecule has 4 heteroatoms. The lowest BCUT2D eigenvalue weighted by Gasteiger charge is -1.98. The Balaban J connectivity index is 2.23. The predicted octanol–water partition coefficient (Wildman–Crippen LogP) is 1.63. The highest BCUT2D eigenvalue weighted by atomic mass is 15.4. The van der Waals surface area contributed by atoms with Crippen molar-refractivity contribution in [3.05, 3.63) is 48.8 Å². The quantitative estimate of drug-likeness (QED) is 0.841. The highest BCUT2D eigenvalue weighted by molar-refractivity contribution is 5.59. The van der Waals surface area contributed by atoms with Gasteiger partial charge in [-0.15, -0.1) is 5.10 Å². The molecule has 1 aromatic carbocycles. The van der Waals surface area contributed by atoms with Crippen molar-refractivity contribution in [2.24, 2.45) is 5.73 Å². The molecule has 0 spiro atoms. The third-order valence-electron chi connectivity index (χ3n) is 2.32. The largest absolute Gasteiger partial charge is 0.330 e. The molecular weight excluding hydrogens is 200 g/mol. The van der Waals surface area contributed by atoms with Crippen molar-refractivity contribution < 1.29 is 0 Å². The second-order valence-corrected chi connectivity index (χ2v) is 3.53. The zero-order valence-electron chi connectivity index (χ0n) is 9.00. The van der Waals surface area contributed by atoms with Crippen molar-refractivity contribution >= 4 is 5.57 Å². The molecule has 0 saturated heterocycles. The van der Waals surface area contributed by atoms with E-state index < -0.39 is 0 Å². The van der Waals surface area contributed by atoms with E-state index in [4.69, 9.17) is 5.73 Å². The Kier molecular flexibility index (Phi) is 3.12. The molecule has 0 aliphatic carbocycles. The van der Waals surface area contributed by atoms with E-state index in [0.717, 1.165) is 23.4 Å². The van der Waals surface area contributed by atoms with Gasteiger partial charge in [0.25, 0.3) is 0 Å². The van der Waals surface area contributed by atoms with Crippen LogP contribution >= 0.6 is 0 Å². The van der Waals surface area contributed by atoms with Crippen molar-refractivity contribution in [1.82, 2.24) is 15.0 Å². The maximum Gasteiger partial charge on any atom is 0.108 e. The van der Waals surface area contributed by atoms with Gasteiger partial charge < -0.3 is 5.73 Å². The Bertz CT molecular complexity index is 473. The van der Waals surface area contributed by atoms with E-state index in [-0.39, 0.29) is 0 Å². The summed E-state index contributed by atoms with van der Waals surface area (Å²) in [4.78, 5) is 0. The summed E-state index contributed by atoms with van der Waals surface area (Å²) in [5, 5.41) is 8.12. The van der Waals surface area contributed by atoms with Crippen LogP contribution < -0.4 is 5.73 Å². The average molecular weight is 214 g/mol. The van der Waals surface area contributed by atoms with Crippen molar-refractivity contribution in [2.45, 2.75) is 6.42 Å². The fourth-order valence-corrected chi connectivity index (χ4v) is 1.44. The predicted molar refractivity (Wildman–Crippen MR) is 64.1 cm³/mol. The van der Waals surface area contributed by atoms with Gasteiger partial charge in [0.05, 0.1) is 11.9 Å². The van der Waals surface area contributed by atoms with Gasteiger partial charge in [0.1, 0.15) is 5.69 Å². The molecule has 0 unspecified atom stereocenters. The molecular formula is C12H14N4. The minimum Gasteiger partial charge on any atom is -0.330 e. The average Bonchev–Trinajstić information content (AvgIpc) is 2.80. The van der Waals surface area contributed by atoms with E-state index in [1.54, 1.807) is 4.68 Å². The van der Waals surface area contributed by atoms with Gasteiger partial charge in [-0.2, -0.15) is 0 Å². The molecule has 0 aliphatic heterocycles. The smallest absolute Gasteiger partial charge is 0.108 e. The lowest BCUT2D eigenvalue weighted by atomic mass is 10.2. The lowest BCUT2D eigenvalue weighted by molar-refractivity contribution is 0.802. The van der Waals surface area contributed by atoms with Crippen molar-refractivity contribution in [1.29, 1.82) is 0 Å². The van der Waals surface area contributed by atoms with Gasteiger partial charge in [-0.3, -0.25) is 0 Å². The van der Waals surface area contributed by atoms with E-state index in [1.807, 2.05) is 36.5 Å². The van der Waals surface area contributed by atoms with Gasteiger partial charge in [-0.05, 0) is 30.7 Å². The van der Waals surface area contributed by atoms with E-state index in [2.05, 4.69) is 16.9 Å². The number of benzene rings is 1. The van der Waals surface area contributed by atoms with Crippen molar-refractivity contribution in [3.8, 4) is 5.69 Å². The Morgan fingerprint density at radius 2 is 2.06 bits per heavy atom. The molecule has 1 aromatic heterocycles. The van der Waals surface area contributed by atoms with Crippen LogP contribution in [0.5, 0.6) is 0 Å². The van der Waals surface area contributed by atoms with Crippen LogP contribution in [0, 0.1) is 0 Å². The number of nitrogens with two attached hydrogens (primary N) is 1. The minimum atomic E-state index is 0.580. The van der Waals surface area contributed by atoms with Crippen molar-refractivity contribution in [3.63, 3.8) is 0 Å². The number of para-hydroxylation sites is 1. The maximum absolute atomic E-state index is 5.47. The standard InChI is InChI=1S/C12H14N4/c1-10(7-8-13)12-9-16(15-14-12)11-5-3-2-4-6-11/h2-6,9H,1,7-8,13H2. The second-order valence-electron chi connectivity index (χ2n) is 3.53. The summed E-state index contributed by atoms with van der Waals surface area (Å²) in [5.74, 6) is 0. The van der Waals surface area contributed by atoms with Crippen LogP contribution in [0.4, 0.5) is 0 Å². The maximum atomic E-state index is 5.47. The van der Waals surface area contributed by atoms with Crippen LogP contribution in [0.25, 0.3) is 11.3 Å². The Morgan fingerprint density at radius 1 is 1.31 bits per heavy atom. The molecule has 4 nitrogen and oxygen atoms in total. The first kappa shape index (κ1) is 10.6. The van der Waals surface area contributed by atoms with Crippen LogP contribution in [-0.2, 0) is 0 Å². The van der Waals surface area contributed by atoms with Crippen LogP contribution in [0.1, 0.15) is 12.1 Å². The van der Waals surface area contributed by atoms with Gasteiger partial charge >= 0.3 is 0 Å². The number of hydrogen-bond donors (Lipinski definition) is 1. The number of rotatable bonds is 4. The van der Waals surface area contributed by atoms with Crippen LogP contribution in [-0.4, -0.2) is 21.5 Å². The highest BCUT2D eigenvalue weighted by Gasteiger charge is 2.04. The summed E-state index contributed by atoms with van der Waals surface area (Å²) in [6, 6.07) is 9.85. The molecule has 0 bridgehead atoms. The summed E-state index contributed by atoms with van der Waals surface area (Å²) in [6.07, 6.45) is 2.61. The number of hydrogen-bond acceptors (Lipinski definition) is 3. The number of aromatic nitrogens is 3. The Morgan fingerprint density at radius 3 is 2.75 bits per heavy atom. The molecule has 2 aromatic rings. The number of nitrogens with zero attached hydrogens (tertiary/aromatic N) is 3.